The Bertz CT molecular complexity index is 701. The molecule has 3 heteroatoms. The van der Waals surface area contributed by atoms with Crippen molar-refractivity contribution in [3.8, 4) is 0 Å². The summed E-state index contributed by atoms with van der Waals surface area (Å²) in [5, 5.41) is 4.75. The summed E-state index contributed by atoms with van der Waals surface area (Å²) in [6.45, 7) is 5.08. The molecule has 0 fully saturated rings. The first-order chi connectivity index (χ1) is 10.4. The molecule has 0 aliphatic carbocycles. The Balaban J connectivity index is 1.83. The molecule has 2 aromatic heterocycles. The van der Waals surface area contributed by atoms with Crippen molar-refractivity contribution < 1.29 is 0 Å². The van der Waals surface area contributed by atoms with Crippen molar-refractivity contribution in [1.82, 2.24) is 14.9 Å². The van der Waals surface area contributed by atoms with Crippen LogP contribution in [0.25, 0.3) is 10.9 Å². The van der Waals surface area contributed by atoms with Crippen molar-refractivity contribution in [3.63, 3.8) is 0 Å². The van der Waals surface area contributed by atoms with Crippen LogP contribution >= 0.6 is 0 Å². The van der Waals surface area contributed by atoms with Crippen LogP contribution in [0.3, 0.4) is 0 Å². The van der Waals surface area contributed by atoms with Crippen LogP contribution < -0.4 is 5.32 Å². The fourth-order valence-corrected chi connectivity index (χ4v) is 2.57. The molecule has 3 aromatic rings. The van der Waals surface area contributed by atoms with Gasteiger partial charge in [-0.3, -0.25) is 4.98 Å². The number of fused-ring (bicyclic) bond motifs is 1. The minimum Gasteiger partial charge on any atom is -0.343 e. The van der Waals surface area contributed by atoms with Gasteiger partial charge in [0.05, 0.1) is 0 Å². The molecule has 0 saturated heterocycles. The molecule has 0 radical (unpaired) electrons. The first kappa shape index (κ1) is 13.8. The van der Waals surface area contributed by atoms with Gasteiger partial charge in [-0.15, -0.1) is 0 Å². The minimum atomic E-state index is 0.887. The zero-order valence-electron chi connectivity index (χ0n) is 12.4. The van der Waals surface area contributed by atoms with Crippen molar-refractivity contribution in [2.24, 2.45) is 0 Å². The lowest BCUT2D eigenvalue weighted by molar-refractivity contribution is 0.675. The molecule has 0 amide bonds. The average Bonchev–Trinajstić information content (AvgIpc) is 2.91. The number of hydrogen-bond donors (Lipinski definition) is 1. The highest BCUT2D eigenvalue weighted by molar-refractivity contribution is 5.80. The predicted molar refractivity (Wildman–Crippen MR) is 87.3 cm³/mol. The van der Waals surface area contributed by atoms with Crippen LogP contribution in [-0.2, 0) is 13.1 Å². The van der Waals surface area contributed by atoms with Crippen LogP contribution in [0.15, 0.2) is 55.0 Å². The van der Waals surface area contributed by atoms with Gasteiger partial charge < -0.3 is 9.88 Å². The predicted octanol–water partition coefficient (Wildman–Crippen LogP) is 3.58. The Morgan fingerprint density at radius 2 is 1.90 bits per heavy atom. The van der Waals surface area contributed by atoms with Gasteiger partial charge in [0.1, 0.15) is 0 Å². The Morgan fingerprint density at radius 1 is 1.05 bits per heavy atom. The van der Waals surface area contributed by atoms with E-state index in [0.717, 1.165) is 19.6 Å². The van der Waals surface area contributed by atoms with Crippen LogP contribution in [0, 0.1) is 0 Å². The summed E-state index contributed by atoms with van der Waals surface area (Å²) in [6.07, 6.45) is 7.03. The summed E-state index contributed by atoms with van der Waals surface area (Å²) in [6, 6.07) is 13.0. The van der Waals surface area contributed by atoms with E-state index in [2.05, 4.69) is 64.4 Å². The third-order valence-corrected chi connectivity index (χ3v) is 3.70. The van der Waals surface area contributed by atoms with Crippen LogP contribution in [0.4, 0.5) is 0 Å². The molecule has 0 aliphatic heterocycles. The van der Waals surface area contributed by atoms with Crippen molar-refractivity contribution in [1.29, 1.82) is 0 Å². The smallest absolute Gasteiger partial charge is 0.0486 e. The maximum atomic E-state index is 4.08. The average molecular weight is 279 g/mol. The van der Waals surface area contributed by atoms with E-state index in [0.29, 0.717) is 0 Å². The monoisotopic (exact) mass is 279 g/mol. The minimum absolute atomic E-state index is 0.887. The van der Waals surface area contributed by atoms with E-state index in [1.165, 1.54) is 28.5 Å². The van der Waals surface area contributed by atoms with Gasteiger partial charge in [0.25, 0.3) is 0 Å². The highest BCUT2D eigenvalue weighted by atomic mass is 15.0. The van der Waals surface area contributed by atoms with Gasteiger partial charge in [-0.05, 0) is 53.7 Å². The van der Waals surface area contributed by atoms with Gasteiger partial charge in [0, 0.05) is 37.2 Å². The number of pyridine rings is 1. The highest BCUT2D eigenvalue weighted by Gasteiger charge is 2.03. The van der Waals surface area contributed by atoms with Crippen LogP contribution in [-0.4, -0.2) is 16.1 Å². The Labute approximate surface area is 125 Å². The van der Waals surface area contributed by atoms with E-state index in [1.807, 2.05) is 12.4 Å². The lowest BCUT2D eigenvalue weighted by Gasteiger charge is -2.08. The van der Waals surface area contributed by atoms with Gasteiger partial charge in [-0.25, -0.2) is 0 Å². The quantitative estimate of drug-likeness (QED) is 0.699. The first-order valence-corrected chi connectivity index (χ1v) is 7.54. The zero-order chi connectivity index (χ0) is 14.5. The van der Waals surface area contributed by atoms with Gasteiger partial charge in [-0.2, -0.15) is 0 Å². The first-order valence-electron chi connectivity index (χ1n) is 7.54. The van der Waals surface area contributed by atoms with Crippen molar-refractivity contribution in [3.05, 3.63) is 66.1 Å². The molecule has 1 N–H and O–H groups in total. The third kappa shape index (κ3) is 3.31. The molecule has 0 atom stereocenters. The van der Waals surface area contributed by atoms with E-state index in [1.54, 1.807) is 0 Å². The molecule has 0 saturated carbocycles. The molecule has 0 spiro atoms. The molecule has 21 heavy (non-hydrogen) atoms. The van der Waals surface area contributed by atoms with Crippen molar-refractivity contribution in [2.75, 3.05) is 6.54 Å². The Kier molecular flexibility index (Phi) is 4.31. The van der Waals surface area contributed by atoms with E-state index < -0.39 is 0 Å². The fraction of sp³-hybridized carbons (Fsp3) is 0.278. The summed E-state index contributed by atoms with van der Waals surface area (Å²) in [4.78, 5) is 4.08. The Hall–Kier alpha value is -2.13. The summed E-state index contributed by atoms with van der Waals surface area (Å²) >= 11 is 0. The molecule has 3 rings (SSSR count). The second kappa shape index (κ2) is 6.55. The van der Waals surface area contributed by atoms with Gasteiger partial charge in [0.15, 0.2) is 0 Å². The maximum Gasteiger partial charge on any atom is 0.0486 e. The van der Waals surface area contributed by atoms with Crippen LogP contribution in [0.2, 0.25) is 0 Å². The normalized spacial score (nSPS) is 11.1. The van der Waals surface area contributed by atoms with Crippen LogP contribution in [0.5, 0.6) is 0 Å². The summed E-state index contributed by atoms with van der Waals surface area (Å²) < 4.78 is 2.30. The number of benzene rings is 1. The SMILES string of the molecule is CCCNCc1ccc2ccn(Cc3ccncc3)c2c1. The number of hydrogen-bond acceptors (Lipinski definition) is 2. The fourth-order valence-electron chi connectivity index (χ4n) is 2.57. The molecular weight excluding hydrogens is 258 g/mol. The molecule has 3 nitrogen and oxygen atoms in total. The second-order valence-electron chi connectivity index (χ2n) is 5.37. The van der Waals surface area contributed by atoms with Crippen molar-refractivity contribution in [2.45, 2.75) is 26.4 Å². The molecule has 0 bridgehead atoms. The zero-order valence-corrected chi connectivity index (χ0v) is 12.4. The molecule has 2 heterocycles. The molecule has 0 unspecified atom stereocenters. The maximum absolute atomic E-state index is 4.08. The Morgan fingerprint density at radius 3 is 2.71 bits per heavy atom. The van der Waals surface area contributed by atoms with Crippen molar-refractivity contribution >= 4 is 10.9 Å². The highest BCUT2D eigenvalue weighted by Crippen LogP contribution is 2.19. The number of aromatic nitrogens is 2. The third-order valence-electron chi connectivity index (χ3n) is 3.70. The van der Waals surface area contributed by atoms with Crippen LogP contribution in [0.1, 0.15) is 24.5 Å². The molecule has 1 aromatic carbocycles. The topological polar surface area (TPSA) is 29.9 Å². The van der Waals surface area contributed by atoms with E-state index in [4.69, 9.17) is 0 Å². The van der Waals surface area contributed by atoms with Gasteiger partial charge >= 0.3 is 0 Å². The van der Waals surface area contributed by atoms with Gasteiger partial charge in [0.2, 0.25) is 0 Å². The second-order valence-corrected chi connectivity index (χ2v) is 5.37. The summed E-state index contributed by atoms with van der Waals surface area (Å²) in [5.41, 5.74) is 3.91. The number of nitrogens with zero attached hydrogens (tertiary/aromatic N) is 2. The summed E-state index contributed by atoms with van der Waals surface area (Å²) in [5.74, 6) is 0. The van der Waals surface area contributed by atoms with E-state index >= 15 is 0 Å². The largest absolute Gasteiger partial charge is 0.343 e. The molecule has 108 valence electrons. The lowest BCUT2D eigenvalue weighted by atomic mass is 10.1. The lowest BCUT2D eigenvalue weighted by Crippen LogP contribution is -2.13. The molecular formula is C18H21N3. The number of rotatable bonds is 6. The number of nitrogens with one attached hydrogen (secondary N) is 1. The standard InChI is InChI=1S/C18H21N3/c1-2-8-20-13-16-3-4-17-7-11-21(18(17)12-16)14-15-5-9-19-10-6-15/h3-7,9-12,20H,2,8,13-14H2,1H3. The summed E-state index contributed by atoms with van der Waals surface area (Å²) in [7, 11) is 0. The van der Waals surface area contributed by atoms with E-state index in [-0.39, 0.29) is 0 Å². The van der Waals surface area contributed by atoms with E-state index in [9.17, 15) is 0 Å². The van der Waals surface area contributed by atoms with Gasteiger partial charge in [-0.1, -0.05) is 19.1 Å². The molecule has 0 aliphatic rings.